The molecule has 0 amide bonds. The van der Waals surface area contributed by atoms with Gasteiger partial charge in [0.05, 0.1) is 5.25 Å². The summed E-state index contributed by atoms with van der Waals surface area (Å²) in [7, 11) is -3.18. The fourth-order valence-electron chi connectivity index (χ4n) is 3.47. The van der Waals surface area contributed by atoms with Crippen molar-refractivity contribution in [2.75, 3.05) is 0 Å². The molecule has 0 bridgehead atoms. The third-order valence-corrected chi connectivity index (χ3v) is 6.85. The predicted octanol–water partition coefficient (Wildman–Crippen LogP) is 2.02. The lowest BCUT2D eigenvalue weighted by atomic mass is 10.1. The minimum absolute atomic E-state index is 0.0480. The highest BCUT2D eigenvalue weighted by atomic mass is 32.2. The summed E-state index contributed by atoms with van der Waals surface area (Å²) in [5.74, 6) is 0.617. The average Bonchev–Trinajstić information content (AvgIpc) is 3.27. The Balaban J connectivity index is 1.53. The Morgan fingerprint density at radius 1 is 1.05 bits per heavy atom. The summed E-state index contributed by atoms with van der Waals surface area (Å²) < 4.78 is 28.2. The zero-order valence-corrected chi connectivity index (χ0v) is 11.7. The predicted molar refractivity (Wildman–Crippen MR) is 74.4 cm³/mol. The Labute approximate surface area is 114 Å². The molecule has 1 aromatic rings. The van der Waals surface area contributed by atoms with E-state index in [0.717, 1.165) is 12.8 Å². The van der Waals surface area contributed by atoms with Gasteiger partial charge in [-0.05, 0) is 55.6 Å². The van der Waals surface area contributed by atoms with Gasteiger partial charge in [-0.1, -0.05) is 24.3 Å². The number of hydrogen-bond donors (Lipinski definition) is 1. The first-order chi connectivity index (χ1) is 9.09. The molecule has 4 heteroatoms. The van der Waals surface area contributed by atoms with Crippen molar-refractivity contribution >= 4 is 10.0 Å². The van der Waals surface area contributed by atoms with E-state index in [2.05, 4.69) is 16.9 Å². The van der Waals surface area contributed by atoms with Gasteiger partial charge >= 0.3 is 0 Å². The van der Waals surface area contributed by atoms with Gasteiger partial charge in [-0.15, -0.1) is 0 Å². The van der Waals surface area contributed by atoms with Crippen LogP contribution in [0.1, 0.15) is 36.8 Å². The van der Waals surface area contributed by atoms with E-state index in [0.29, 0.717) is 18.8 Å². The molecule has 0 spiro atoms. The lowest BCUT2D eigenvalue weighted by Crippen LogP contribution is -2.44. The second-order valence-electron chi connectivity index (χ2n) is 6.38. The zero-order valence-electron chi connectivity index (χ0n) is 10.9. The van der Waals surface area contributed by atoms with Crippen molar-refractivity contribution in [1.82, 2.24) is 4.72 Å². The third kappa shape index (κ3) is 2.01. The average molecular weight is 277 g/mol. The molecule has 1 aromatic carbocycles. The molecule has 0 saturated heterocycles. The molecule has 0 radical (unpaired) electrons. The Morgan fingerprint density at radius 3 is 2.11 bits per heavy atom. The summed E-state index contributed by atoms with van der Waals surface area (Å²) in [5, 5.41) is -0.263. The second-order valence-corrected chi connectivity index (χ2v) is 8.34. The highest BCUT2D eigenvalue weighted by Gasteiger charge is 2.56. The largest absolute Gasteiger partial charge is 0.215 e. The number of nitrogens with one attached hydrogen (secondary N) is 1. The van der Waals surface area contributed by atoms with Gasteiger partial charge in [-0.25, -0.2) is 13.1 Å². The van der Waals surface area contributed by atoms with E-state index >= 15 is 0 Å². The summed E-state index contributed by atoms with van der Waals surface area (Å²) in [4.78, 5) is 0. The van der Waals surface area contributed by atoms with Crippen LogP contribution >= 0.6 is 0 Å². The van der Waals surface area contributed by atoms with E-state index in [4.69, 9.17) is 0 Å². The van der Waals surface area contributed by atoms with Crippen LogP contribution in [-0.2, 0) is 22.9 Å². The van der Waals surface area contributed by atoms with Gasteiger partial charge in [0, 0.05) is 5.54 Å². The van der Waals surface area contributed by atoms with Crippen LogP contribution in [0, 0.1) is 5.92 Å². The Hall–Kier alpha value is -0.870. The highest BCUT2D eigenvalue weighted by molar-refractivity contribution is 7.90. The van der Waals surface area contributed by atoms with Crippen molar-refractivity contribution in [3.8, 4) is 0 Å². The molecule has 0 unspecified atom stereocenters. The van der Waals surface area contributed by atoms with E-state index in [1.54, 1.807) is 0 Å². The Morgan fingerprint density at radius 2 is 1.63 bits per heavy atom. The normalized spacial score (nSPS) is 25.3. The van der Waals surface area contributed by atoms with Crippen molar-refractivity contribution < 1.29 is 8.42 Å². The lowest BCUT2D eigenvalue weighted by Gasteiger charge is -2.20. The molecule has 0 atom stereocenters. The summed E-state index contributed by atoms with van der Waals surface area (Å²) in [5.41, 5.74) is 2.36. The molecule has 102 valence electrons. The van der Waals surface area contributed by atoms with Crippen LogP contribution in [0.5, 0.6) is 0 Å². The molecular weight excluding hydrogens is 258 g/mol. The Kier molecular flexibility index (Phi) is 2.40. The lowest BCUT2D eigenvalue weighted by molar-refractivity contribution is 0.495. The number of hydrogen-bond acceptors (Lipinski definition) is 2. The SMILES string of the molecule is O=S(=O)(NC1(C2CC2)CC1)C1Cc2ccccc2C1. The molecule has 3 aliphatic carbocycles. The monoisotopic (exact) mass is 277 g/mol. The fraction of sp³-hybridized carbons (Fsp3) is 0.600. The van der Waals surface area contributed by atoms with E-state index in [1.165, 1.54) is 24.0 Å². The molecule has 3 aliphatic rings. The van der Waals surface area contributed by atoms with Crippen LogP contribution in [-0.4, -0.2) is 19.2 Å². The van der Waals surface area contributed by atoms with E-state index in [9.17, 15) is 8.42 Å². The maximum Gasteiger partial charge on any atom is 0.215 e. The quantitative estimate of drug-likeness (QED) is 0.915. The van der Waals surface area contributed by atoms with Crippen LogP contribution in [0.15, 0.2) is 24.3 Å². The molecule has 2 saturated carbocycles. The molecule has 3 nitrogen and oxygen atoms in total. The van der Waals surface area contributed by atoms with Gasteiger partial charge in [-0.2, -0.15) is 0 Å². The van der Waals surface area contributed by atoms with E-state index in [1.807, 2.05) is 12.1 Å². The number of sulfonamides is 1. The molecule has 19 heavy (non-hydrogen) atoms. The topological polar surface area (TPSA) is 46.2 Å². The van der Waals surface area contributed by atoms with E-state index < -0.39 is 10.0 Å². The van der Waals surface area contributed by atoms with Gasteiger partial charge in [0.2, 0.25) is 10.0 Å². The minimum atomic E-state index is -3.18. The summed E-state index contributed by atoms with van der Waals surface area (Å²) in [6.07, 6.45) is 5.83. The van der Waals surface area contributed by atoms with Crippen molar-refractivity contribution in [2.45, 2.75) is 49.3 Å². The first kappa shape index (κ1) is 11.9. The molecule has 0 aliphatic heterocycles. The standard InChI is InChI=1S/C15H19NO2S/c17-19(18,16-15(7-8-15)13-5-6-13)14-9-11-3-1-2-4-12(11)10-14/h1-4,13-14,16H,5-10H2. The van der Waals surface area contributed by atoms with Crippen LogP contribution < -0.4 is 4.72 Å². The molecule has 4 rings (SSSR count). The van der Waals surface area contributed by atoms with Crippen molar-refractivity contribution in [1.29, 1.82) is 0 Å². The summed E-state index contributed by atoms with van der Waals surface area (Å²) in [6.45, 7) is 0. The van der Waals surface area contributed by atoms with Gasteiger partial charge < -0.3 is 0 Å². The molecule has 2 fully saturated rings. The maximum absolute atomic E-state index is 12.6. The maximum atomic E-state index is 12.6. The molecule has 1 N–H and O–H groups in total. The minimum Gasteiger partial charge on any atom is -0.212 e. The van der Waals surface area contributed by atoms with E-state index in [-0.39, 0.29) is 10.8 Å². The third-order valence-electron chi connectivity index (χ3n) is 4.95. The van der Waals surface area contributed by atoms with Gasteiger partial charge in [0.25, 0.3) is 0 Å². The fourth-order valence-corrected chi connectivity index (χ4v) is 5.37. The Bertz CT molecular complexity index is 590. The first-order valence-electron chi connectivity index (χ1n) is 7.19. The van der Waals surface area contributed by atoms with Gasteiger partial charge in [0.1, 0.15) is 0 Å². The van der Waals surface area contributed by atoms with Crippen LogP contribution in [0.25, 0.3) is 0 Å². The van der Waals surface area contributed by atoms with Crippen molar-refractivity contribution in [3.63, 3.8) is 0 Å². The second kappa shape index (κ2) is 3.83. The summed E-state index contributed by atoms with van der Waals surface area (Å²) >= 11 is 0. The smallest absolute Gasteiger partial charge is 0.212 e. The van der Waals surface area contributed by atoms with Crippen LogP contribution in [0.3, 0.4) is 0 Å². The number of fused-ring (bicyclic) bond motifs is 1. The van der Waals surface area contributed by atoms with Crippen molar-refractivity contribution in [2.24, 2.45) is 5.92 Å². The first-order valence-corrected chi connectivity index (χ1v) is 8.73. The number of rotatable bonds is 4. The van der Waals surface area contributed by atoms with Gasteiger partial charge in [-0.3, -0.25) is 0 Å². The van der Waals surface area contributed by atoms with Crippen molar-refractivity contribution in [3.05, 3.63) is 35.4 Å². The van der Waals surface area contributed by atoms with Gasteiger partial charge in [0.15, 0.2) is 0 Å². The molecule has 0 aromatic heterocycles. The molecular formula is C15H19NO2S. The summed E-state index contributed by atoms with van der Waals surface area (Å²) in [6, 6.07) is 8.10. The highest BCUT2D eigenvalue weighted by Crippen LogP contribution is 2.54. The van der Waals surface area contributed by atoms with Crippen LogP contribution in [0.2, 0.25) is 0 Å². The zero-order chi connectivity index (χ0) is 13.1. The number of benzene rings is 1. The van der Waals surface area contributed by atoms with Crippen LogP contribution in [0.4, 0.5) is 0 Å². The molecule has 0 heterocycles.